The van der Waals surface area contributed by atoms with Crippen LogP contribution in [0.5, 0.6) is 0 Å². The molecular weight excluding hydrogens is 635 g/mol. The van der Waals surface area contributed by atoms with Crippen LogP contribution in [-0.2, 0) is 4.43 Å². The Labute approximate surface area is 278 Å². The Bertz CT molecular complexity index is 1390. The molecule has 0 aliphatic carbocycles. The molecule has 0 aliphatic heterocycles. The number of rotatable bonds is 12. The molecule has 5 aromatic carbocycles. The lowest BCUT2D eigenvalue weighted by molar-refractivity contribution is -0.0000101. The van der Waals surface area contributed by atoms with Gasteiger partial charge < -0.3 is 21.4 Å². The van der Waals surface area contributed by atoms with Gasteiger partial charge in [0.2, 0.25) is 0 Å². The second-order valence-corrected chi connectivity index (χ2v) is 20.5. The average molecular weight is 682 g/mol. The fraction of sp³-hybridized carbons (Fsp3) is 0.250. The van der Waals surface area contributed by atoms with Crippen molar-refractivity contribution in [2.75, 3.05) is 6.16 Å². The summed E-state index contributed by atoms with van der Waals surface area (Å²) in [6, 6.07) is 55.8. The van der Waals surface area contributed by atoms with Crippen LogP contribution in [0.2, 0.25) is 5.04 Å². The summed E-state index contributed by atoms with van der Waals surface area (Å²) >= 11 is 0. The zero-order valence-electron chi connectivity index (χ0n) is 26.6. The number of hydrogen-bond donors (Lipinski definition) is 0. The largest absolute Gasteiger partial charge is 1.00 e. The maximum atomic E-state index is 7.41. The van der Waals surface area contributed by atoms with Crippen LogP contribution < -0.4 is 43.3 Å². The van der Waals surface area contributed by atoms with E-state index in [-0.39, 0.29) is 28.1 Å². The average Bonchev–Trinajstić information content (AvgIpc) is 3.05. The predicted molar refractivity (Wildman–Crippen MR) is 192 cm³/mol. The van der Waals surface area contributed by atoms with Gasteiger partial charge in [0.1, 0.15) is 23.2 Å². The van der Waals surface area contributed by atoms with Crippen molar-refractivity contribution >= 4 is 41.9 Å². The van der Waals surface area contributed by atoms with Crippen molar-refractivity contribution in [2.45, 2.75) is 58.1 Å². The highest BCUT2D eigenvalue weighted by molar-refractivity contribution is 7.95. The van der Waals surface area contributed by atoms with Crippen LogP contribution in [-0.4, -0.2) is 20.6 Å². The third-order valence-electron chi connectivity index (χ3n) is 8.74. The zero-order chi connectivity index (χ0) is 30.2. The minimum absolute atomic E-state index is 0. The van der Waals surface area contributed by atoms with Crippen molar-refractivity contribution in [1.82, 2.24) is 0 Å². The van der Waals surface area contributed by atoms with Gasteiger partial charge in [-0.25, -0.2) is 0 Å². The molecule has 228 valence electrons. The van der Waals surface area contributed by atoms with Crippen molar-refractivity contribution < 1.29 is 21.4 Å². The van der Waals surface area contributed by atoms with Crippen molar-refractivity contribution in [3.63, 3.8) is 0 Å². The first kappa shape index (κ1) is 34.1. The molecule has 0 saturated heterocycles. The molecular formula is C40H46BrOPSi. The van der Waals surface area contributed by atoms with Crippen LogP contribution in [0.15, 0.2) is 152 Å². The lowest BCUT2D eigenvalue weighted by Crippen LogP contribution is -3.00. The normalized spacial score (nSPS) is 12.7. The fourth-order valence-corrected chi connectivity index (χ4v) is 15.9. The van der Waals surface area contributed by atoms with Crippen molar-refractivity contribution in [2.24, 2.45) is 0 Å². The van der Waals surface area contributed by atoms with Crippen LogP contribution in [0.4, 0.5) is 0 Å². The molecule has 0 heterocycles. The monoisotopic (exact) mass is 680 g/mol. The van der Waals surface area contributed by atoms with Gasteiger partial charge in [0.25, 0.3) is 8.32 Å². The summed E-state index contributed by atoms with van der Waals surface area (Å²) in [6.07, 6.45) is 4.64. The van der Waals surface area contributed by atoms with Gasteiger partial charge in [-0.1, -0.05) is 136 Å². The van der Waals surface area contributed by atoms with E-state index < -0.39 is 15.6 Å². The molecule has 0 fully saturated rings. The quantitative estimate of drug-likeness (QED) is 0.101. The summed E-state index contributed by atoms with van der Waals surface area (Å²) in [5.74, 6) is 0. The first-order valence-electron chi connectivity index (χ1n) is 15.7. The molecule has 0 unspecified atom stereocenters. The lowest BCUT2D eigenvalue weighted by atomic mass is 10.2. The standard InChI is InChI=1S/C40H46OPSi.BrH/c1-34(41-43(40(2,3)4,38-29-16-8-17-30-38)39-31-18-9-19-32-39)22-20-21-33-42(35-23-10-5-11-24-35,36-25-12-6-13-26-36)37-27-14-7-15-28-37;/h5-19,23-32,34H,20-22,33H2,1-4H3;1H/q+1;/p-1/t34-;/m0./s1. The van der Waals surface area contributed by atoms with E-state index in [1.54, 1.807) is 0 Å². The third-order valence-corrected chi connectivity index (χ3v) is 18.4. The van der Waals surface area contributed by atoms with Crippen LogP contribution in [0, 0.1) is 0 Å². The first-order valence-corrected chi connectivity index (χ1v) is 19.6. The summed E-state index contributed by atoms with van der Waals surface area (Å²) < 4.78 is 7.41. The Kier molecular flexibility index (Phi) is 12.0. The summed E-state index contributed by atoms with van der Waals surface area (Å²) in [5.41, 5.74) is 0. The van der Waals surface area contributed by atoms with Crippen molar-refractivity contribution in [1.29, 1.82) is 0 Å². The minimum atomic E-state index is -2.56. The number of halogens is 1. The van der Waals surface area contributed by atoms with E-state index in [0.29, 0.717) is 0 Å². The second-order valence-electron chi connectivity index (χ2n) is 12.6. The smallest absolute Gasteiger partial charge is 0.261 e. The Morgan fingerprint density at radius 3 is 1.23 bits per heavy atom. The van der Waals surface area contributed by atoms with E-state index in [2.05, 4.69) is 179 Å². The Morgan fingerprint density at radius 2 is 0.886 bits per heavy atom. The highest BCUT2D eigenvalue weighted by atomic mass is 79.9. The van der Waals surface area contributed by atoms with Gasteiger partial charge in [-0.15, -0.1) is 0 Å². The lowest BCUT2D eigenvalue weighted by Gasteiger charge is -2.44. The van der Waals surface area contributed by atoms with E-state index >= 15 is 0 Å². The van der Waals surface area contributed by atoms with Gasteiger partial charge in [0, 0.05) is 6.10 Å². The zero-order valence-corrected chi connectivity index (χ0v) is 30.1. The van der Waals surface area contributed by atoms with Gasteiger partial charge >= 0.3 is 0 Å². The van der Waals surface area contributed by atoms with E-state index in [0.717, 1.165) is 25.4 Å². The van der Waals surface area contributed by atoms with Crippen molar-refractivity contribution in [3.8, 4) is 0 Å². The van der Waals surface area contributed by atoms with E-state index in [4.69, 9.17) is 4.43 Å². The van der Waals surface area contributed by atoms with Crippen LogP contribution in [0.1, 0.15) is 47.0 Å². The van der Waals surface area contributed by atoms with Gasteiger partial charge in [0.05, 0.1) is 6.16 Å². The molecule has 0 spiro atoms. The number of benzene rings is 5. The first-order chi connectivity index (χ1) is 20.9. The summed E-state index contributed by atoms with van der Waals surface area (Å²) in [4.78, 5) is 0. The molecule has 0 aromatic heterocycles. The Balaban J connectivity index is 0.00000442. The highest BCUT2D eigenvalue weighted by Gasteiger charge is 2.51. The molecule has 44 heavy (non-hydrogen) atoms. The molecule has 1 atom stereocenters. The summed E-state index contributed by atoms with van der Waals surface area (Å²) in [6.45, 7) is 9.40. The summed E-state index contributed by atoms with van der Waals surface area (Å²) in [5, 5.41) is 7.07. The molecule has 0 amide bonds. The van der Waals surface area contributed by atoms with E-state index in [1.165, 1.54) is 26.3 Å². The second kappa shape index (κ2) is 15.5. The van der Waals surface area contributed by atoms with Crippen LogP contribution in [0.25, 0.3) is 0 Å². The molecule has 0 aliphatic rings. The molecule has 0 N–H and O–H groups in total. The van der Waals surface area contributed by atoms with Gasteiger partial charge in [-0.3, -0.25) is 0 Å². The Morgan fingerprint density at radius 1 is 0.545 bits per heavy atom. The fourth-order valence-electron chi connectivity index (χ4n) is 6.71. The van der Waals surface area contributed by atoms with Crippen LogP contribution in [0.3, 0.4) is 0 Å². The molecule has 0 radical (unpaired) electrons. The summed E-state index contributed by atoms with van der Waals surface area (Å²) in [7, 11) is -4.37. The van der Waals surface area contributed by atoms with Gasteiger partial charge in [-0.05, 0) is 78.0 Å². The molecule has 0 saturated carbocycles. The molecule has 1 nitrogen and oxygen atoms in total. The molecule has 4 heteroatoms. The predicted octanol–water partition coefficient (Wildman–Crippen LogP) is 5.12. The van der Waals surface area contributed by atoms with E-state index in [9.17, 15) is 0 Å². The molecule has 5 aromatic rings. The molecule has 5 rings (SSSR count). The third kappa shape index (κ3) is 7.18. The van der Waals surface area contributed by atoms with Gasteiger partial charge in [-0.2, -0.15) is 0 Å². The highest BCUT2D eigenvalue weighted by Crippen LogP contribution is 2.56. The van der Waals surface area contributed by atoms with Crippen LogP contribution >= 0.6 is 7.26 Å². The SMILES string of the molecule is C[C@@H](CCCC[P+](c1ccccc1)(c1ccccc1)c1ccccc1)O[Si](c1ccccc1)(c1ccccc1)C(C)(C)C.[Br-]. The maximum Gasteiger partial charge on any atom is 0.261 e. The number of unbranched alkanes of at least 4 members (excludes halogenated alkanes) is 1. The topological polar surface area (TPSA) is 9.23 Å². The minimum Gasteiger partial charge on any atom is -1.00 e. The van der Waals surface area contributed by atoms with E-state index in [1.807, 2.05) is 0 Å². The van der Waals surface area contributed by atoms with Crippen molar-refractivity contribution in [3.05, 3.63) is 152 Å². The Hall–Kier alpha value is -2.81. The number of hydrogen-bond acceptors (Lipinski definition) is 1. The van der Waals surface area contributed by atoms with Gasteiger partial charge in [0.15, 0.2) is 0 Å². The maximum absolute atomic E-state index is 7.41. The molecule has 0 bridgehead atoms.